The molecule has 0 radical (unpaired) electrons. The minimum absolute atomic E-state index is 0.195. The summed E-state index contributed by atoms with van der Waals surface area (Å²) in [4.78, 5) is 25.2. The number of aromatic nitrogens is 3. The van der Waals surface area contributed by atoms with Crippen molar-refractivity contribution in [2.45, 2.75) is 13.5 Å². The highest BCUT2D eigenvalue weighted by atomic mass is 16.5. The molecule has 2 heterocycles. The van der Waals surface area contributed by atoms with Gasteiger partial charge in [0.05, 0.1) is 18.7 Å². The minimum atomic E-state index is -0.225. The number of benzene rings is 2. The molecule has 0 unspecified atom stereocenters. The summed E-state index contributed by atoms with van der Waals surface area (Å²) >= 11 is 0. The van der Waals surface area contributed by atoms with Crippen LogP contribution >= 0.6 is 0 Å². The lowest BCUT2D eigenvalue weighted by atomic mass is 10.1. The van der Waals surface area contributed by atoms with Crippen molar-refractivity contribution in [3.8, 4) is 5.75 Å². The second-order valence-corrected chi connectivity index (χ2v) is 6.82. The molecule has 0 aliphatic carbocycles. The molecule has 0 spiro atoms. The zero-order valence-corrected chi connectivity index (χ0v) is 17.1. The Balaban J connectivity index is 1.42. The number of hydrogen-bond acceptors (Lipinski definition) is 5. The van der Waals surface area contributed by atoms with Crippen LogP contribution in [0.25, 0.3) is 5.65 Å². The van der Waals surface area contributed by atoms with Crippen molar-refractivity contribution in [1.29, 1.82) is 0 Å². The maximum absolute atomic E-state index is 12.8. The summed E-state index contributed by atoms with van der Waals surface area (Å²) in [6.07, 6.45) is 1.69. The van der Waals surface area contributed by atoms with Crippen molar-refractivity contribution in [3.63, 3.8) is 0 Å². The molecule has 4 aromatic rings. The van der Waals surface area contributed by atoms with E-state index in [-0.39, 0.29) is 11.6 Å². The molecule has 4 rings (SSSR count). The number of pyridine rings is 1. The molecule has 0 bridgehead atoms. The lowest BCUT2D eigenvalue weighted by molar-refractivity contribution is 0.102. The zero-order valence-electron chi connectivity index (χ0n) is 17.1. The quantitative estimate of drug-likeness (QED) is 0.459. The summed E-state index contributed by atoms with van der Waals surface area (Å²) in [5.74, 6) is 0.530. The predicted octanol–water partition coefficient (Wildman–Crippen LogP) is 3.26. The molecule has 0 saturated heterocycles. The molecule has 0 aliphatic heterocycles. The van der Waals surface area contributed by atoms with Gasteiger partial charge in [-0.25, -0.2) is 9.48 Å². The Labute approximate surface area is 179 Å². The van der Waals surface area contributed by atoms with Gasteiger partial charge >= 0.3 is 5.69 Å². The minimum Gasteiger partial charge on any atom is -0.494 e. The fraction of sp³-hybridized carbons (Fsp3) is 0.174. The van der Waals surface area contributed by atoms with Crippen LogP contribution in [0.15, 0.2) is 77.7 Å². The zero-order chi connectivity index (χ0) is 21.6. The summed E-state index contributed by atoms with van der Waals surface area (Å²) in [5.41, 5.74) is 2.28. The normalized spacial score (nSPS) is 10.7. The molecule has 8 nitrogen and oxygen atoms in total. The van der Waals surface area contributed by atoms with Crippen LogP contribution in [0, 0.1) is 0 Å². The molecule has 0 saturated carbocycles. The van der Waals surface area contributed by atoms with E-state index in [2.05, 4.69) is 15.7 Å². The molecule has 31 heavy (non-hydrogen) atoms. The van der Waals surface area contributed by atoms with E-state index in [1.165, 1.54) is 9.08 Å². The molecule has 0 fully saturated rings. The van der Waals surface area contributed by atoms with Crippen molar-refractivity contribution < 1.29 is 9.53 Å². The van der Waals surface area contributed by atoms with Crippen LogP contribution in [-0.4, -0.2) is 33.2 Å². The lowest BCUT2D eigenvalue weighted by Gasteiger charge is -2.12. The molecule has 2 aromatic carbocycles. The first-order valence-corrected chi connectivity index (χ1v) is 10.1. The van der Waals surface area contributed by atoms with Gasteiger partial charge in [-0.2, -0.15) is 0 Å². The third kappa shape index (κ3) is 4.58. The van der Waals surface area contributed by atoms with Crippen LogP contribution in [0.4, 0.5) is 11.4 Å². The third-order valence-corrected chi connectivity index (χ3v) is 4.72. The van der Waals surface area contributed by atoms with E-state index in [4.69, 9.17) is 4.74 Å². The Kier molecular flexibility index (Phi) is 5.98. The van der Waals surface area contributed by atoms with Crippen LogP contribution in [0.1, 0.15) is 17.3 Å². The van der Waals surface area contributed by atoms with Crippen LogP contribution in [0.2, 0.25) is 0 Å². The second-order valence-electron chi connectivity index (χ2n) is 6.82. The Hall–Kier alpha value is -4.07. The van der Waals surface area contributed by atoms with E-state index in [1.54, 1.807) is 36.5 Å². The first kappa shape index (κ1) is 20.2. The van der Waals surface area contributed by atoms with Gasteiger partial charge in [0.25, 0.3) is 5.91 Å². The molecule has 1 amide bonds. The van der Waals surface area contributed by atoms with Crippen LogP contribution in [0.5, 0.6) is 5.75 Å². The number of fused-ring (bicyclic) bond motifs is 1. The Morgan fingerprint density at radius 2 is 1.81 bits per heavy atom. The molecule has 0 aliphatic rings. The number of nitrogens with zero attached hydrogens (tertiary/aromatic N) is 3. The van der Waals surface area contributed by atoms with Gasteiger partial charge in [-0.05, 0) is 55.5 Å². The summed E-state index contributed by atoms with van der Waals surface area (Å²) in [5, 5.41) is 10.4. The van der Waals surface area contributed by atoms with Gasteiger partial charge in [0.2, 0.25) is 0 Å². The Bertz CT molecular complexity index is 1240. The van der Waals surface area contributed by atoms with E-state index in [0.29, 0.717) is 42.3 Å². The van der Waals surface area contributed by atoms with Crippen molar-refractivity contribution in [2.75, 3.05) is 23.8 Å². The molecule has 158 valence electrons. The van der Waals surface area contributed by atoms with Crippen molar-refractivity contribution in [2.24, 2.45) is 0 Å². The number of nitrogens with one attached hydrogen (secondary N) is 2. The highest BCUT2D eigenvalue weighted by Crippen LogP contribution is 2.19. The van der Waals surface area contributed by atoms with Crippen LogP contribution in [0.3, 0.4) is 0 Å². The second kappa shape index (κ2) is 9.17. The fourth-order valence-electron chi connectivity index (χ4n) is 3.25. The number of para-hydroxylation sites is 1. The number of ether oxygens (including phenoxy) is 1. The monoisotopic (exact) mass is 417 g/mol. The van der Waals surface area contributed by atoms with Gasteiger partial charge in [-0.15, -0.1) is 5.10 Å². The first-order chi connectivity index (χ1) is 15.2. The Morgan fingerprint density at radius 1 is 1.03 bits per heavy atom. The fourth-order valence-corrected chi connectivity index (χ4v) is 3.25. The first-order valence-electron chi connectivity index (χ1n) is 10.1. The van der Waals surface area contributed by atoms with E-state index in [1.807, 2.05) is 43.3 Å². The number of carbonyl (C=O) groups excluding carboxylic acids is 1. The highest BCUT2D eigenvalue weighted by Gasteiger charge is 2.12. The largest absolute Gasteiger partial charge is 0.494 e. The average molecular weight is 417 g/mol. The molecule has 8 heteroatoms. The number of anilines is 2. The molecule has 2 N–H and O–H groups in total. The third-order valence-electron chi connectivity index (χ3n) is 4.72. The van der Waals surface area contributed by atoms with Crippen LogP contribution < -0.4 is 21.1 Å². The number of carbonyl (C=O) groups is 1. The van der Waals surface area contributed by atoms with Crippen LogP contribution in [-0.2, 0) is 6.54 Å². The molecular formula is C23H23N5O3. The van der Waals surface area contributed by atoms with Gasteiger partial charge < -0.3 is 15.4 Å². The maximum Gasteiger partial charge on any atom is 0.350 e. The summed E-state index contributed by atoms with van der Waals surface area (Å²) in [7, 11) is 0. The number of rotatable bonds is 8. The maximum atomic E-state index is 12.8. The lowest BCUT2D eigenvalue weighted by Crippen LogP contribution is -2.25. The number of hydrogen-bond donors (Lipinski definition) is 2. The SMILES string of the molecule is CCOc1ccc(NC(=O)c2ccccc2NCCn2nc3ccccn3c2=O)cc1. The van der Waals surface area contributed by atoms with E-state index >= 15 is 0 Å². The van der Waals surface area contributed by atoms with Crippen molar-refractivity contribution in [3.05, 3.63) is 89.0 Å². The summed E-state index contributed by atoms with van der Waals surface area (Å²) in [6, 6.07) is 19.9. The van der Waals surface area contributed by atoms with Crippen molar-refractivity contribution in [1.82, 2.24) is 14.2 Å². The molecule has 2 aromatic heterocycles. The number of amides is 1. The van der Waals surface area contributed by atoms with E-state index in [0.717, 1.165) is 5.75 Å². The summed E-state index contributed by atoms with van der Waals surface area (Å²) < 4.78 is 8.33. The molecular weight excluding hydrogens is 394 g/mol. The average Bonchev–Trinajstić information content (AvgIpc) is 3.11. The van der Waals surface area contributed by atoms with Gasteiger partial charge in [-0.1, -0.05) is 18.2 Å². The summed E-state index contributed by atoms with van der Waals surface area (Å²) in [6.45, 7) is 3.32. The highest BCUT2D eigenvalue weighted by molar-refractivity contribution is 6.08. The van der Waals surface area contributed by atoms with Gasteiger partial charge in [0.15, 0.2) is 5.65 Å². The van der Waals surface area contributed by atoms with Gasteiger partial charge in [0.1, 0.15) is 5.75 Å². The molecule has 0 atom stereocenters. The van der Waals surface area contributed by atoms with E-state index in [9.17, 15) is 9.59 Å². The topological polar surface area (TPSA) is 89.7 Å². The standard InChI is InChI=1S/C23H23N5O3/c1-2-31-18-12-10-17(11-13-18)25-22(29)19-7-3-4-8-20(19)24-14-16-28-23(30)27-15-6-5-9-21(27)26-28/h3-13,15,24H,2,14,16H2,1H3,(H,25,29). The van der Waals surface area contributed by atoms with Crippen molar-refractivity contribution >= 4 is 22.9 Å². The smallest absolute Gasteiger partial charge is 0.350 e. The van der Waals surface area contributed by atoms with Gasteiger partial charge in [0, 0.05) is 24.1 Å². The van der Waals surface area contributed by atoms with E-state index < -0.39 is 0 Å². The Morgan fingerprint density at radius 3 is 2.58 bits per heavy atom. The predicted molar refractivity (Wildman–Crippen MR) is 120 cm³/mol. The van der Waals surface area contributed by atoms with Gasteiger partial charge in [-0.3, -0.25) is 9.20 Å².